The Bertz CT molecular complexity index is 122. The van der Waals surface area contributed by atoms with Gasteiger partial charge in [0.05, 0.1) is 0 Å². The summed E-state index contributed by atoms with van der Waals surface area (Å²) in [6.45, 7) is 14.0. The molecule has 0 aliphatic rings. The van der Waals surface area contributed by atoms with E-state index in [1.54, 1.807) is 0 Å². The van der Waals surface area contributed by atoms with Crippen molar-refractivity contribution in [1.29, 1.82) is 0 Å². The van der Waals surface area contributed by atoms with E-state index in [2.05, 4.69) is 39.9 Å². The summed E-state index contributed by atoms with van der Waals surface area (Å²) in [7, 11) is 0. The first-order valence-corrected chi connectivity index (χ1v) is 6.34. The SMILES string of the molecule is CCCNCC(C)C(C)C(C)CCC. The summed E-state index contributed by atoms with van der Waals surface area (Å²) < 4.78 is 0. The summed E-state index contributed by atoms with van der Waals surface area (Å²) in [5.41, 5.74) is 0. The molecule has 0 aromatic carbocycles. The topological polar surface area (TPSA) is 12.0 Å². The van der Waals surface area contributed by atoms with Crippen LogP contribution in [0, 0.1) is 17.8 Å². The summed E-state index contributed by atoms with van der Waals surface area (Å²) in [5, 5.41) is 3.51. The van der Waals surface area contributed by atoms with Crippen LogP contribution in [0.2, 0.25) is 0 Å². The van der Waals surface area contributed by atoms with Crippen molar-refractivity contribution in [1.82, 2.24) is 5.32 Å². The molecule has 0 radical (unpaired) electrons. The smallest absolute Gasteiger partial charge is 0.00205 e. The average molecular weight is 199 g/mol. The van der Waals surface area contributed by atoms with Gasteiger partial charge in [0.1, 0.15) is 0 Å². The van der Waals surface area contributed by atoms with Crippen LogP contribution < -0.4 is 5.32 Å². The van der Waals surface area contributed by atoms with Crippen molar-refractivity contribution in [3.8, 4) is 0 Å². The third-order valence-electron chi connectivity index (χ3n) is 3.43. The average Bonchev–Trinajstić information content (AvgIpc) is 2.17. The van der Waals surface area contributed by atoms with Crippen LogP contribution in [0.5, 0.6) is 0 Å². The van der Waals surface area contributed by atoms with Crippen LogP contribution in [-0.2, 0) is 0 Å². The van der Waals surface area contributed by atoms with Gasteiger partial charge in [-0.25, -0.2) is 0 Å². The molecule has 1 heteroatoms. The minimum Gasteiger partial charge on any atom is -0.316 e. The molecular weight excluding hydrogens is 170 g/mol. The highest BCUT2D eigenvalue weighted by atomic mass is 14.8. The third-order valence-corrected chi connectivity index (χ3v) is 3.43. The van der Waals surface area contributed by atoms with E-state index < -0.39 is 0 Å². The molecule has 0 fully saturated rings. The second-order valence-electron chi connectivity index (χ2n) is 4.81. The van der Waals surface area contributed by atoms with E-state index in [1.807, 2.05) is 0 Å². The Labute approximate surface area is 90.7 Å². The predicted octanol–water partition coefficient (Wildman–Crippen LogP) is 3.69. The summed E-state index contributed by atoms with van der Waals surface area (Å²) in [5.74, 6) is 2.53. The van der Waals surface area contributed by atoms with Gasteiger partial charge in [-0.2, -0.15) is 0 Å². The highest BCUT2D eigenvalue weighted by Gasteiger charge is 2.17. The zero-order valence-electron chi connectivity index (χ0n) is 10.8. The van der Waals surface area contributed by atoms with E-state index >= 15 is 0 Å². The first-order chi connectivity index (χ1) is 6.63. The Morgan fingerprint density at radius 3 is 2.07 bits per heavy atom. The molecule has 0 amide bonds. The van der Waals surface area contributed by atoms with E-state index in [-0.39, 0.29) is 0 Å². The molecular formula is C13H29N. The highest BCUT2D eigenvalue weighted by Crippen LogP contribution is 2.23. The largest absolute Gasteiger partial charge is 0.316 e. The molecule has 0 aromatic heterocycles. The molecule has 0 spiro atoms. The molecule has 0 saturated carbocycles. The number of hydrogen-bond donors (Lipinski definition) is 1. The van der Waals surface area contributed by atoms with Crippen molar-refractivity contribution in [2.75, 3.05) is 13.1 Å². The maximum absolute atomic E-state index is 3.51. The molecule has 0 aliphatic carbocycles. The van der Waals surface area contributed by atoms with Crippen LogP contribution in [0.25, 0.3) is 0 Å². The molecule has 0 rings (SSSR count). The minimum atomic E-state index is 0.808. The second-order valence-corrected chi connectivity index (χ2v) is 4.81. The molecule has 86 valence electrons. The lowest BCUT2D eigenvalue weighted by Crippen LogP contribution is -2.28. The van der Waals surface area contributed by atoms with Gasteiger partial charge in [0.25, 0.3) is 0 Å². The van der Waals surface area contributed by atoms with E-state index in [0.717, 1.165) is 17.8 Å². The van der Waals surface area contributed by atoms with Crippen molar-refractivity contribution < 1.29 is 0 Å². The van der Waals surface area contributed by atoms with Gasteiger partial charge < -0.3 is 5.32 Å². The molecule has 14 heavy (non-hydrogen) atoms. The number of hydrogen-bond acceptors (Lipinski definition) is 1. The molecule has 3 unspecified atom stereocenters. The van der Waals surface area contributed by atoms with E-state index in [9.17, 15) is 0 Å². The number of nitrogens with one attached hydrogen (secondary N) is 1. The lowest BCUT2D eigenvalue weighted by molar-refractivity contribution is 0.258. The Morgan fingerprint density at radius 1 is 0.929 bits per heavy atom. The molecule has 0 bridgehead atoms. The monoisotopic (exact) mass is 199 g/mol. The van der Waals surface area contributed by atoms with Crippen LogP contribution >= 0.6 is 0 Å². The lowest BCUT2D eigenvalue weighted by Gasteiger charge is -2.26. The van der Waals surface area contributed by atoms with Crippen molar-refractivity contribution in [3.05, 3.63) is 0 Å². The molecule has 1 N–H and O–H groups in total. The van der Waals surface area contributed by atoms with Gasteiger partial charge in [-0.3, -0.25) is 0 Å². The second kappa shape index (κ2) is 8.28. The Morgan fingerprint density at radius 2 is 1.57 bits per heavy atom. The maximum Gasteiger partial charge on any atom is -0.00205 e. The molecule has 1 nitrogen and oxygen atoms in total. The summed E-state index contributed by atoms with van der Waals surface area (Å²) >= 11 is 0. The van der Waals surface area contributed by atoms with Crippen LogP contribution in [0.4, 0.5) is 0 Å². The third kappa shape index (κ3) is 5.64. The molecule has 0 aliphatic heterocycles. The van der Waals surface area contributed by atoms with E-state index in [1.165, 1.54) is 32.4 Å². The van der Waals surface area contributed by atoms with Crippen LogP contribution in [-0.4, -0.2) is 13.1 Å². The van der Waals surface area contributed by atoms with E-state index in [4.69, 9.17) is 0 Å². The summed E-state index contributed by atoms with van der Waals surface area (Å²) in [6, 6.07) is 0. The van der Waals surface area contributed by atoms with E-state index in [0.29, 0.717) is 0 Å². The first-order valence-electron chi connectivity index (χ1n) is 6.34. The fraction of sp³-hybridized carbons (Fsp3) is 1.00. The fourth-order valence-corrected chi connectivity index (χ4v) is 1.97. The molecule has 0 heterocycles. The highest BCUT2D eigenvalue weighted by molar-refractivity contribution is 4.69. The minimum absolute atomic E-state index is 0.808. The van der Waals surface area contributed by atoms with Crippen LogP contribution in [0.15, 0.2) is 0 Å². The Balaban J connectivity index is 3.68. The summed E-state index contributed by atoms with van der Waals surface area (Å²) in [6.07, 6.45) is 3.94. The fourth-order valence-electron chi connectivity index (χ4n) is 1.97. The van der Waals surface area contributed by atoms with Gasteiger partial charge in [0.2, 0.25) is 0 Å². The van der Waals surface area contributed by atoms with Gasteiger partial charge in [-0.15, -0.1) is 0 Å². The van der Waals surface area contributed by atoms with Crippen molar-refractivity contribution in [2.45, 2.75) is 53.9 Å². The standard InChI is InChI=1S/C13H29N/c1-6-8-11(3)13(5)12(4)10-14-9-7-2/h11-14H,6-10H2,1-5H3. The zero-order valence-corrected chi connectivity index (χ0v) is 10.8. The first kappa shape index (κ1) is 14.0. The normalized spacial score (nSPS) is 17.8. The quantitative estimate of drug-likeness (QED) is 0.588. The van der Waals surface area contributed by atoms with Crippen LogP contribution in [0.3, 0.4) is 0 Å². The van der Waals surface area contributed by atoms with Crippen LogP contribution in [0.1, 0.15) is 53.9 Å². The maximum atomic E-state index is 3.51. The number of rotatable bonds is 8. The van der Waals surface area contributed by atoms with Gasteiger partial charge >= 0.3 is 0 Å². The van der Waals surface area contributed by atoms with Gasteiger partial charge in [-0.05, 0) is 37.3 Å². The molecule has 3 atom stereocenters. The molecule has 0 saturated heterocycles. The van der Waals surface area contributed by atoms with Gasteiger partial charge in [0.15, 0.2) is 0 Å². The predicted molar refractivity (Wildman–Crippen MR) is 65.6 cm³/mol. The summed E-state index contributed by atoms with van der Waals surface area (Å²) in [4.78, 5) is 0. The van der Waals surface area contributed by atoms with Gasteiger partial charge in [-0.1, -0.05) is 47.5 Å². The molecule has 0 aromatic rings. The van der Waals surface area contributed by atoms with Crippen molar-refractivity contribution >= 4 is 0 Å². The Kier molecular flexibility index (Phi) is 8.26. The van der Waals surface area contributed by atoms with Gasteiger partial charge in [0, 0.05) is 0 Å². The Hall–Kier alpha value is -0.0400. The van der Waals surface area contributed by atoms with Crippen molar-refractivity contribution in [3.63, 3.8) is 0 Å². The lowest BCUT2D eigenvalue weighted by atomic mass is 9.82. The zero-order chi connectivity index (χ0) is 11.0. The van der Waals surface area contributed by atoms with Crippen molar-refractivity contribution in [2.24, 2.45) is 17.8 Å².